The summed E-state index contributed by atoms with van der Waals surface area (Å²) in [6.07, 6.45) is 0. The summed E-state index contributed by atoms with van der Waals surface area (Å²) in [5.74, 6) is -1.20. The van der Waals surface area contributed by atoms with Gasteiger partial charge in [-0.3, -0.25) is 4.55 Å². The van der Waals surface area contributed by atoms with Gasteiger partial charge in [0.05, 0.1) is 10.0 Å². The number of phenols is 2. The van der Waals surface area contributed by atoms with E-state index in [2.05, 4.69) is 0 Å². The first-order valence-corrected chi connectivity index (χ1v) is 10.9. The molecule has 0 bridgehead atoms. The van der Waals surface area contributed by atoms with Crippen LogP contribution in [0.2, 0.25) is 20.1 Å². The van der Waals surface area contributed by atoms with Crippen molar-refractivity contribution in [1.82, 2.24) is 0 Å². The summed E-state index contributed by atoms with van der Waals surface area (Å²) in [4.78, 5) is 0. The number of benzene rings is 3. The third kappa shape index (κ3) is 3.54. The Hall–Kier alpha value is -1.67. The Balaban J connectivity index is 2.64. The minimum atomic E-state index is -5.13. The van der Waals surface area contributed by atoms with Crippen molar-refractivity contribution >= 4 is 56.5 Å². The quantitative estimate of drug-likeness (QED) is 0.239. The van der Waals surface area contributed by atoms with Crippen molar-refractivity contribution in [2.75, 3.05) is 0 Å². The van der Waals surface area contributed by atoms with Gasteiger partial charge in [0, 0.05) is 16.1 Å². The fraction of sp³-hybridized carbons (Fsp3) is 0.0526. The zero-order valence-corrected chi connectivity index (χ0v) is 18.1. The average Bonchev–Trinajstić information content (AvgIpc) is 2.65. The van der Waals surface area contributed by atoms with Gasteiger partial charge in [-0.15, -0.1) is 0 Å². The van der Waals surface area contributed by atoms with Crippen molar-refractivity contribution in [1.29, 1.82) is 0 Å². The second-order valence-electron chi connectivity index (χ2n) is 6.07. The Morgan fingerprint density at radius 3 is 2.03 bits per heavy atom. The van der Waals surface area contributed by atoms with Crippen LogP contribution in [0.15, 0.2) is 54.6 Å². The smallest absolute Gasteiger partial charge is 0.283 e. The molecular formula is C19H12Cl4O5S. The molecule has 0 spiro atoms. The minimum absolute atomic E-state index is 0.0706. The normalized spacial score (nSPS) is 13.8. The monoisotopic (exact) mass is 492 g/mol. The van der Waals surface area contributed by atoms with Crippen LogP contribution >= 0.6 is 46.4 Å². The van der Waals surface area contributed by atoms with Gasteiger partial charge in [-0.05, 0) is 29.8 Å². The molecule has 0 saturated carbocycles. The van der Waals surface area contributed by atoms with E-state index in [4.69, 9.17) is 46.4 Å². The lowest BCUT2D eigenvalue weighted by Crippen LogP contribution is -2.38. The van der Waals surface area contributed by atoms with E-state index in [1.165, 1.54) is 48.5 Å². The molecule has 3 aromatic carbocycles. The molecule has 0 fully saturated rings. The van der Waals surface area contributed by atoms with Gasteiger partial charge in [0.25, 0.3) is 10.1 Å². The molecule has 0 saturated heterocycles. The maximum absolute atomic E-state index is 12.9. The lowest BCUT2D eigenvalue weighted by Gasteiger charge is -2.34. The average molecular weight is 494 g/mol. The highest BCUT2D eigenvalue weighted by molar-refractivity contribution is 7.87. The van der Waals surface area contributed by atoms with E-state index in [1.54, 1.807) is 0 Å². The van der Waals surface area contributed by atoms with Crippen LogP contribution in [-0.2, 0) is 14.9 Å². The molecule has 1 unspecified atom stereocenters. The number of halogens is 4. The Kier molecular flexibility index (Phi) is 5.98. The molecule has 0 aliphatic heterocycles. The summed E-state index contributed by atoms with van der Waals surface area (Å²) in [6.45, 7) is 0. The predicted octanol–water partition coefficient (Wildman–Crippen LogP) is 5.89. The molecule has 0 radical (unpaired) electrons. The lowest BCUT2D eigenvalue weighted by molar-refractivity contribution is 0.428. The number of para-hydroxylation sites is 1. The topological polar surface area (TPSA) is 94.8 Å². The van der Waals surface area contributed by atoms with E-state index >= 15 is 0 Å². The van der Waals surface area contributed by atoms with Gasteiger partial charge >= 0.3 is 0 Å². The molecule has 0 aliphatic carbocycles. The third-order valence-electron chi connectivity index (χ3n) is 4.42. The van der Waals surface area contributed by atoms with Crippen LogP contribution in [0.4, 0.5) is 0 Å². The lowest BCUT2D eigenvalue weighted by atomic mass is 9.83. The number of hydrogen-bond acceptors (Lipinski definition) is 4. The van der Waals surface area contributed by atoms with Crippen LogP contribution < -0.4 is 0 Å². The van der Waals surface area contributed by atoms with Crippen LogP contribution in [-0.4, -0.2) is 23.2 Å². The second kappa shape index (κ2) is 7.87. The highest BCUT2D eigenvalue weighted by Crippen LogP contribution is 2.53. The SMILES string of the molecule is O=S(=O)(O)C(c1cccc(Cl)c1)(c1ccccc1O)c1cc(Cl)c(Cl)c(Cl)c1O. The van der Waals surface area contributed by atoms with Crippen molar-refractivity contribution < 1.29 is 23.2 Å². The Morgan fingerprint density at radius 2 is 1.45 bits per heavy atom. The molecule has 10 heteroatoms. The van der Waals surface area contributed by atoms with Gasteiger partial charge in [-0.2, -0.15) is 8.42 Å². The number of hydrogen-bond donors (Lipinski definition) is 3. The summed E-state index contributed by atoms with van der Waals surface area (Å²) in [7, 11) is -5.13. The summed E-state index contributed by atoms with van der Waals surface area (Å²) < 4.78 is 33.8. The van der Waals surface area contributed by atoms with Crippen molar-refractivity contribution in [3.8, 4) is 11.5 Å². The standard InChI is InChI=1S/C19H12Cl4O5S/c20-11-5-3-4-10(8-11)19(29(26,27)28,12-6-1-2-7-15(12)24)13-9-14(21)16(22)17(23)18(13)25/h1-9,24-25H,(H,26,27,28). The fourth-order valence-corrected chi connectivity index (χ4v) is 5.31. The van der Waals surface area contributed by atoms with Crippen LogP contribution in [0.25, 0.3) is 0 Å². The van der Waals surface area contributed by atoms with E-state index in [0.717, 1.165) is 6.07 Å². The molecule has 1 atom stereocenters. The van der Waals surface area contributed by atoms with Crippen molar-refractivity contribution in [3.05, 3.63) is 91.4 Å². The highest BCUT2D eigenvalue weighted by atomic mass is 35.5. The summed E-state index contributed by atoms with van der Waals surface area (Å²) >= 11 is 24.2. The second-order valence-corrected chi connectivity index (χ2v) is 9.23. The van der Waals surface area contributed by atoms with Gasteiger partial charge in [-0.25, -0.2) is 0 Å². The molecule has 0 heterocycles. The number of aromatic hydroxyl groups is 2. The Morgan fingerprint density at radius 1 is 0.793 bits per heavy atom. The third-order valence-corrected chi connectivity index (χ3v) is 7.35. The van der Waals surface area contributed by atoms with E-state index in [1.807, 2.05) is 0 Å². The van der Waals surface area contributed by atoms with Gasteiger partial charge in [0.2, 0.25) is 0 Å². The molecule has 3 aromatic rings. The molecular weight excluding hydrogens is 482 g/mol. The van der Waals surface area contributed by atoms with Crippen molar-refractivity contribution in [3.63, 3.8) is 0 Å². The molecule has 0 amide bonds. The van der Waals surface area contributed by atoms with Gasteiger partial charge < -0.3 is 10.2 Å². The summed E-state index contributed by atoms with van der Waals surface area (Å²) in [5.41, 5.74) is -0.739. The van der Waals surface area contributed by atoms with Crippen LogP contribution in [0.3, 0.4) is 0 Å². The van der Waals surface area contributed by atoms with E-state index < -0.39 is 37.0 Å². The largest absolute Gasteiger partial charge is 0.508 e. The number of rotatable bonds is 4. The Bertz CT molecular complexity index is 1210. The number of phenolic OH excluding ortho intramolecular Hbond substituents is 2. The molecule has 0 aromatic heterocycles. The zero-order valence-electron chi connectivity index (χ0n) is 14.3. The minimum Gasteiger partial charge on any atom is -0.508 e. The fourth-order valence-electron chi connectivity index (χ4n) is 3.22. The van der Waals surface area contributed by atoms with E-state index in [9.17, 15) is 23.2 Å². The predicted molar refractivity (Wildman–Crippen MR) is 114 cm³/mol. The van der Waals surface area contributed by atoms with Crippen LogP contribution in [0.1, 0.15) is 16.7 Å². The van der Waals surface area contributed by atoms with Gasteiger partial charge in [-0.1, -0.05) is 76.7 Å². The van der Waals surface area contributed by atoms with Crippen molar-refractivity contribution in [2.45, 2.75) is 4.75 Å². The maximum atomic E-state index is 12.9. The van der Waals surface area contributed by atoms with Crippen LogP contribution in [0, 0.1) is 0 Å². The molecule has 3 N–H and O–H groups in total. The van der Waals surface area contributed by atoms with Gasteiger partial charge in [0.1, 0.15) is 16.5 Å². The first kappa shape index (κ1) is 22.0. The van der Waals surface area contributed by atoms with E-state index in [0.29, 0.717) is 0 Å². The molecule has 152 valence electrons. The molecule has 0 aliphatic rings. The highest BCUT2D eigenvalue weighted by Gasteiger charge is 2.52. The first-order chi connectivity index (χ1) is 13.5. The molecule has 5 nitrogen and oxygen atoms in total. The maximum Gasteiger partial charge on any atom is 0.283 e. The molecule has 3 rings (SSSR count). The van der Waals surface area contributed by atoms with E-state index in [-0.39, 0.29) is 26.2 Å². The Labute approximate surface area is 186 Å². The zero-order chi connectivity index (χ0) is 21.6. The first-order valence-electron chi connectivity index (χ1n) is 7.90. The summed E-state index contributed by atoms with van der Waals surface area (Å²) in [6, 6.07) is 12.1. The summed E-state index contributed by atoms with van der Waals surface area (Å²) in [5, 5.41) is 20.6. The molecule has 29 heavy (non-hydrogen) atoms. The van der Waals surface area contributed by atoms with Gasteiger partial charge in [0.15, 0.2) is 4.75 Å². The van der Waals surface area contributed by atoms with Crippen molar-refractivity contribution in [2.24, 2.45) is 0 Å². The van der Waals surface area contributed by atoms with Crippen LogP contribution in [0.5, 0.6) is 11.5 Å².